The average molecular weight is 527 g/mol. The second-order valence-electron chi connectivity index (χ2n) is 5.79. The summed E-state index contributed by atoms with van der Waals surface area (Å²) in [7, 11) is 1.61. The first kappa shape index (κ1) is 20.8. The smallest absolute Gasteiger partial charge is 0.174 e. The summed E-state index contributed by atoms with van der Waals surface area (Å²) in [5, 5.41) is 5.43. The van der Waals surface area contributed by atoms with E-state index in [2.05, 4.69) is 33.1 Å². The summed E-state index contributed by atoms with van der Waals surface area (Å²) in [6.07, 6.45) is 1.73. The molecule has 0 aromatic heterocycles. The minimum Gasteiger partial charge on any atom is -0.493 e. The van der Waals surface area contributed by atoms with E-state index in [0.717, 1.165) is 20.4 Å². The first-order chi connectivity index (χ1) is 13.6. The summed E-state index contributed by atoms with van der Waals surface area (Å²) in [5.74, 6) is 1.28. The molecule has 0 bridgehead atoms. The molecule has 0 unspecified atom stereocenters. The second kappa shape index (κ2) is 10.0. The minimum absolute atomic E-state index is 0.311. The largest absolute Gasteiger partial charge is 0.493 e. The summed E-state index contributed by atoms with van der Waals surface area (Å²) in [4.78, 5) is 0. The molecule has 0 radical (unpaired) electrons. The molecule has 0 spiro atoms. The maximum Gasteiger partial charge on any atom is 0.174 e. The SMILES string of the molecule is COc1cc(/C=N\Nc2ccccc2)cc(I)c1OCc1ccc(Cl)cc1Cl. The molecule has 0 aliphatic heterocycles. The molecule has 0 saturated carbocycles. The fourth-order valence-corrected chi connectivity index (χ4v) is 3.68. The van der Waals surface area contributed by atoms with Gasteiger partial charge in [-0.2, -0.15) is 5.10 Å². The Morgan fingerprint density at radius 1 is 1.07 bits per heavy atom. The van der Waals surface area contributed by atoms with Crippen LogP contribution in [0.25, 0.3) is 0 Å². The Morgan fingerprint density at radius 2 is 1.86 bits per heavy atom. The molecule has 3 aromatic rings. The predicted molar refractivity (Wildman–Crippen MR) is 124 cm³/mol. The van der Waals surface area contributed by atoms with Gasteiger partial charge in [-0.05, 0) is 64.6 Å². The van der Waals surface area contributed by atoms with Crippen LogP contribution in [0.1, 0.15) is 11.1 Å². The highest BCUT2D eigenvalue weighted by Gasteiger charge is 2.12. The van der Waals surface area contributed by atoms with Gasteiger partial charge in [0.1, 0.15) is 6.61 Å². The monoisotopic (exact) mass is 526 g/mol. The Kier molecular flexibility index (Phi) is 7.42. The number of halogens is 3. The number of nitrogens with zero attached hydrogens (tertiary/aromatic N) is 1. The highest BCUT2D eigenvalue weighted by Crippen LogP contribution is 2.35. The van der Waals surface area contributed by atoms with Gasteiger partial charge >= 0.3 is 0 Å². The normalized spacial score (nSPS) is 10.9. The van der Waals surface area contributed by atoms with Crippen LogP contribution in [-0.4, -0.2) is 13.3 Å². The first-order valence-corrected chi connectivity index (χ1v) is 10.2. The molecule has 0 aliphatic carbocycles. The maximum absolute atomic E-state index is 6.22. The molecule has 7 heteroatoms. The third kappa shape index (κ3) is 5.53. The average Bonchev–Trinajstić information content (AvgIpc) is 2.69. The molecule has 0 aliphatic rings. The number of benzene rings is 3. The van der Waals surface area contributed by atoms with Gasteiger partial charge in [0.2, 0.25) is 0 Å². The summed E-state index contributed by atoms with van der Waals surface area (Å²) in [5.41, 5.74) is 5.65. The van der Waals surface area contributed by atoms with Crippen molar-refractivity contribution in [2.24, 2.45) is 5.10 Å². The number of hydrogen-bond donors (Lipinski definition) is 1. The molecular formula is C21H17Cl2IN2O2. The van der Waals surface area contributed by atoms with E-state index >= 15 is 0 Å². The van der Waals surface area contributed by atoms with E-state index in [9.17, 15) is 0 Å². The van der Waals surface area contributed by atoms with Crippen molar-refractivity contribution < 1.29 is 9.47 Å². The van der Waals surface area contributed by atoms with Crippen molar-refractivity contribution in [2.75, 3.05) is 12.5 Å². The lowest BCUT2D eigenvalue weighted by atomic mass is 10.2. The Labute approximate surface area is 187 Å². The van der Waals surface area contributed by atoms with Crippen molar-refractivity contribution in [2.45, 2.75) is 6.61 Å². The molecule has 0 fully saturated rings. The topological polar surface area (TPSA) is 42.8 Å². The third-order valence-electron chi connectivity index (χ3n) is 3.82. The van der Waals surface area contributed by atoms with E-state index in [1.165, 1.54) is 0 Å². The summed E-state index contributed by atoms with van der Waals surface area (Å²) in [6, 6.07) is 18.9. The Morgan fingerprint density at radius 3 is 2.57 bits per heavy atom. The summed E-state index contributed by atoms with van der Waals surface area (Å²) >= 11 is 14.4. The van der Waals surface area contributed by atoms with Crippen LogP contribution in [0.3, 0.4) is 0 Å². The molecular weight excluding hydrogens is 510 g/mol. The number of anilines is 1. The van der Waals surface area contributed by atoms with Crippen molar-refractivity contribution in [3.8, 4) is 11.5 Å². The standard InChI is InChI=1S/C21H17Cl2IN2O2/c1-27-20-10-14(12-25-26-17-5-3-2-4-6-17)9-19(24)21(20)28-13-15-7-8-16(22)11-18(15)23/h2-12,26H,13H2,1H3/b25-12-. The van der Waals surface area contributed by atoms with Crippen LogP contribution in [0.2, 0.25) is 10.0 Å². The third-order valence-corrected chi connectivity index (χ3v) is 5.21. The highest BCUT2D eigenvalue weighted by molar-refractivity contribution is 14.1. The van der Waals surface area contributed by atoms with Crippen LogP contribution >= 0.6 is 45.8 Å². The highest BCUT2D eigenvalue weighted by atomic mass is 127. The number of methoxy groups -OCH3 is 1. The van der Waals surface area contributed by atoms with Crippen LogP contribution in [0.5, 0.6) is 11.5 Å². The number of hydrogen-bond acceptors (Lipinski definition) is 4. The Bertz CT molecular complexity index is 982. The second-order valence-corrected chi connectivity index (χ2v) is 7.80. The molecule has 0 heterocycles. The molecule has 3 rings (SSSR count). The van der Waals surface area contributed by atoms with E-state index in [4.69, 9.17) is 32.7 Å². The van der Waals surface area contributed by atoms with E-state index in [1.807, 2.05) is 48.5 Å². The number of para-hydroxylation sites is 1. The van der Waals surface area contributed by atoms with Gasteiger partial charge in [0.05, 0.1) is 22.6 Å². The molecule has 144 valence electrons. The van der Waals surface area contributed by atoms with Crippen LogP contribution in [-0.2, 0) is 6.61 Å². The fraction of sp³-hybridized carbons (Fsp3) is 0.0952. The van der Waals surface area contributed by atoms with E-state index in [0.29, 0.717) is 28.2 Å². The molecule has 0 saturated heterocycles. The van der Waals surface area contributed by atoms with E-state index in [1.54, 1.807) is 25.5 Å². The Hall–Kier alpha value is -1.96. The van der Waals surface area contributed by atoms with Gasteiger partial charge in [0, 0.05) is 15.6 Å². The van der Waals surface area contributed by atoms with E-state index in [-0.39, 0.29) is 0 Å². The van der Waals surface area contributed by atoms with Crippen LogP contribution in [0.15, 0.2) is 65.8 Å². The van der Waals surface area contributed by atoms with E-state index < -0.39 is 0 Å². The lowest BCUT2D eigenvalue weighted by Crippen LogP contribution is -2.01. The molecule has 4 nitrogen and oxygen atoms in total. The van der Waals surface area contributed by atoms with Gasteiger partial charge in [0.25, 0.3) is 0 Å². The lowest BCUT2D eigenvalue weighted by Gasteiger charge is -2.14. The zero-order valence-corrected chi connectivity index (χ0v) is 18.6. The zero-order valence-electron chi connectivity index (χ0n) is 15.0. The van der Waals surface area contributed by atoms with Crippen LogP contribution in [0, 0.1) is 3.57 Å². The molecule has 28 heavy (non-hydrogen) atoms. The van der Waals surface area contributed by atoms with Crippen molar-refractivity contribution >= 4 is 57.7 Å². The predicted octanol–water partition coefficient (Wildman–Crippen LogP) is 6.63. The Balaban J connectivity index is 1.73. The number of ether oxygens (including phenoxy) is 2. The minimum atomic E-state index is 0.311. The number of rotatable bonds is 7. The van der Waals surface area contributed by atoms with Gasteiger partial charge in [-0.3, -0.25) is 5.43 Å². The summed E-state index contributed by atoms with van der Waals surface area (Å²) < 4.78 is 12.4. The molecule has 3 aromatic carbocycles. The molecule has 1 N–H and O–H groups in total. The fourth-order valence-electron chi connectivity index (χ4n) is 2.44. The lowest BCUT2D eigenvalue weighted by molar-refractivity contribution is 0.282. The van der Waals surface area contributed by atoms with Gasteiger partial charge < -0.3 is 9.47 Å². The van der Waals surface area contributed by atoms with Gasteiger partial charge in [-0.1, -0.05) is 47.5 Å². The van der Waals surface area contributed by atoms with Gasteiger partial charge in [-0.25, -0.2) is 0 Å². The maximum atomic E-state index is 6.22. The van der Waals surface area contributed by atoms with Crippen LogP contribution in [0.4, 0.5) is 5.69 Å². The zero-order chi connectivity index (χ0) is 19.9. The van der Waals surface area contributed by atoms with Crippen LogP contribution < -0.4 is 14.9 Å². The van der Waals surface area contributed by atoms with Gasteiger partial charge in [0.15, 0.2) is 11.5 Å². The van der Waals surface area contributed by atoms with Crippen molar-refractivity contribution in [1.82, 2.24) is 0 Å². The quantitative estimate of drug-likeness (QED) is 0.213. The van der Waals surface area contributed by atoms with Crippen molar-refractivity contribution in [3.05, 3.63) is 85.4 Å². The first-order valence-electron chi connectivity index (χ1n) is 8.35. The molecule has 0 atom stereocenters. The van der Waals surface area contributed by atoms with Gasteiger partial charge in [-0.15, -0.1) is 0 Å². The summed E-state index contributed by atoms with van der Waals surface area (Å²) in [6.45, 7) is 0.311. The van der Waals surface area contributed by atoms with Crippen molar-refractivity contribution in [3.63, 3.8) is 0 Å². The number of nitrogens with one attached hydrogen (secondary N) is 1. The molecule has 0 amide bonds. The number of hydrazone groups is 1. The van der Waals surface area contributed by atoms with Crippen molar-refractivity contribution in [1.29, 1.82) is 0 Å².